The molecule has 11 heteroatoms. The topological polar surface area (TPSA) is 117 Å². The number of carbonyl (C=O) groups is 2. The molecule has 3 N–H and O–H groups in total. The van der Waals surface area contributed by atoms with Crippen LogP contribution >= 0.6 is 0 Å². The molecule has 1 aromatic carbocycles. The third-order valence-electron chi connectivity index (χ3n) is 7.12. The summed E-state index contributed by atoms with van der Waals surface area (Å²) in [4.78, 5) is 29.0. The van der Waals surface area contributed by atoms with Crippen molar-refractivity contribution >= 4 is 18.9 Å². The first-order valence-electron chi connectivity index (χ1n) is 12.6. The van der Waals surface area contributed by atoms with Gasteiger partial charge in [-0.3, -0.25) is 14.5 Å². The van der Waals surface area contributed by atoms with Gasteiger partial charge in [-0.1, -0.05) is 30.3 Å². The van der Waals surface area contributed by atoms with Crippen LogP contribution in [0.3, 0.4) is 0 Å². The highest BCUT2D eigenvalue weighted by atomic mass is 19.3. The van der Waals surface area contributed by atoms with Crippen molar-refractivity contribution < 1.29 is 28.4 Å². The number of rotatable bonds is 9. The molecular formula is C26H35BF2N4O4. The zero-order valence-electron chi connectivity index (χ0n) is 21.4. The number of piperidine rings is 1. The molecule has 0 bridgehead atoms. The Morgan fingerprint density at radius 2 is 2.00 bits per heavy atom. The number of nitriles is 1. The predicted molar refractivity (Wildman–Crippen MR) is 135 cm³/mol. The van der Waals surface area contributed by atoms with E-state index in [-0.39, 0.29) is 49.8 Å². The lowest BCUT2D eigenvalue weighted by Crippen LogP contribution is -2.49. The summed E-state index contributed by atoms with van der Waals surface area (Å²) >= 11 is 0. The van der Waals surface area contributed by atoms with Gasteiger partial charge in [0, 0.05) is 38.0 Å². The average molecular weight is 516 g/mol. The van der Waals surface area contributed by atoms with Gasteiger partial charge in [-0.25, -0.2) is 8.78 Å². The summed E-state index contributed by atoms with van der Waals surface area (Å²) in [5.74, 6) is -4.63. The maximum absolute atomic E-state index is 13.7. The number of halogens is 2. The lowest BCUT2D eigenvalue weighted by atomic mass is 9.75. The van der Waals surface area contributed by atoms with Gasteiger partial charge in [-0.15, -0.1) is 0 Å². The number of benzene rings is 1. The smallest absolute Gasteiger partial charge is 0.426 e. The van der Waals surface area contributed by atoms with Crippen LogP contribution in [0.4, 0.5) is 8.78 Å². The molecule has 0 saturated carbocycles. The van der Waals surface area contributed by atoms with Gasteiger partial charge in [0.05, 0.1) is 12.5 Å². The second-order valence-electron chi connectivity index (χ2n) is 10.6. The quantitative estimate of drug-likeness (QED) is 0.263. The van der Waals surface area contributed by atoms with Gasteiger partial charge in [-0.05, 0) is 50.7 Å². The van der Waals surface area contributed by atoms with E-state index in [1.807, 2.05) is 36.4 Å². The molecule has 2 atom stereocenters. The van der Waals surface area contributed by atoms with E-state index in [0.29, 0.717) is 19.4 Å². The summed E-state index contributed by atoms with van der Waals surface area (Å²) in [6, 6.07) is 11.1. The Bertz CT molecular complexity index is 1030. The third-order valence-corrected chi connectivity index (χ3v) is 7.12. The summed E-state index contributed by atoms with van der Waals surface area (Å²) in [6.45, 7) is 3.90. The molecule has 1 unspecified atom stereocenters. The van der Waals surface area contributed by atoms with Crippen molar-refractivity contribution in [1.29, 1.82) is 5.26 Å². The van der Waals surface area contributed by atoms with Crippen LogP contribution in [0.25, 0.3) is 0 Å². The lowest BCUT2D eigenvalue weighted by Gasteiger charge is -2.35. The summed E-state index contributed by atoms with van der Waals surface area (Å²) in [6.07, 6.45) is 2.93. The second-order valence-corrected chi connectivity index (χ2v) is 10.6. The van der Waals surface area contributed by atoms with Crippen LogP contribution in [0.15, 0.2) is 42.0 Å². The Morgan fingerprint density at radius 3 is 2.59 bits per heavy atom. The van der Waals surface area contributed by atoms with Gasteiger partial charge in [0.2, 0.25) is 5.91 Å². The minimum Gasteiger partial charge on any atom is -0.426 e. The van der Waals surface area contributed by atoms with Gasteiger partial charge in [-0.2, -0.15) is 5.26 Å². The van der Waals surface area contributed by atoms with Gasteiger partial charge in [0.25, 0.3) is 11.8 Å². The van der Waals surface area contributed by atoms with Crippen LogP contribution in [-0.2, 0) is 16.0 Å². The zero-order valence-corrected chi connectivity index (χ0v) is 21.4. The number of carbonyl (C=O) groups excluding carboxylic acids is 2. The predicted octanol–water partition coefficient (Wildman–Crippen LogP) is 1.92. The molecule has 3 rings (SSSR count). The molecule has 2 heterocycles. The first-order valence-corrected chi connectivity index (χ1v) is 12.6. The van der Waals surface area contributed by atoms with Crippen molar-refractivity contribution in [2.75, 3.05) is 26.2 Å². The zero-order chi connectivity index (χ0) is 27.2. The SMILES string of the molecule is CC(C)(C=C(C#N)C(=O)N1CCC[C@H](CC(=O)NC(Cc2ccccc2)B(O)O)C1)N1CCC(F)(F)C1. The van der Waals surface area contributed by atoms with Crippen LogP contribution < -0.4 is 5.32 Å². The Hall–Kier alpha value is -2.81. The van der Waals surface area contributed by atoms with Crippen molar-refractivity contribution in [2.24, 2.45) is 5.92 Å². The number of alkyl halides is 2. The molecule has 0 radical (unpaired) electrons. The first-order chi connectivity index (χ1) is 17.4. The van der Waals surface area contributed by atoms with Crippen LogP contribution in [0.5, 0.6) is 0 Å². The van der Waals surface area contributed by atoms with Crippen LogP contribution in [0.1, 0.15) is 45.1 Å². The lowest BCUT2D eigenvalue weighted by molar-refractivity contribution is -0.130. The Kier molecular flexibility index (Phi) is 9.45. The molecule has 2 amide bonds. The van der Waals surface area contributed by atoms with E-state index in [2.05, 4.69) is 5.32 Å². The summed E-state index contributed by atoms with van der Waals surface area (Å²) in [5, 5.41) is 31.8. The fraction of sp³-hybridized carbons (Fsp3) is 0.577. The van der Waals surface area contributed by atoms with Crippen molar-refractivity contribution in [3.05, 3.63) is 47.5 Å². The van der Waals surface area contributed by atoms with E-state index in [0.717, 1.165) is 5.56 Å². The molecule has 37 heavy (non-hydrogen) atoms. The van der Waals surface area contributed by atoms with Crippen molar-refractivity contribution in [3.8, 4) is 6.07 Å². The Balaban J connectivity index is 1.59. The van der Waals surface area contributed by atoms with E-state index < -0.39 is 37.0 Å². The number of hydrogen-bond acceptors (Lipinski definition) is 6. The molecule has 2 fully saturated rings. The molecule has 2 saturated heterocycles. The second kappa shape index (κ2) is 12.2. The minimum absolute atomic E-state index is 0.0990. The molecule has 0 aliphatic carbocycles. The van der Waals surface area contributed by atoms with E-state index in [4.69, 9.17) is 0 Å². The molecule has 200 valence electrons. The van der Waals surface area contributed by atoms with Crippen LogP contribution in [0, 0.1) is 17.2 Å². The van der Waals surface area contributed by atoms with Gasteiger partial charge < -0.3 is 20.3 Å². The maximum Gasteiger partial charge on any atom is 0.475 e. The van der Waals surface area contributed by atoms with E-state index in [9.17, 15) is 33.7 Å². The highest BCUT2D eigenvalue weighted by Crippen LogP contribution is 2.33. The number of hydrogen-bond donors (Lipinski definition) is 3. The normalized spacial score (nSPS) is 21.3. The molecule has 2 aliphatic rings. The van der Waals surface area contributed by atoms with E-state index in [1.165, 1.54) is 11.0 Å². The first kappa shape index (κ1) is 28.8. The molecule has 0 spiro atoms. The van der Waals surface area contributed by atoms with E-state index in [1.54, 1.807) is 18.7 Å². The van der Waals surface area contributed by atoms with Gasteiger partial charge >= 0.3 is 7.12 Å². The minimum atomic E-state index is -2.78. The monoisotopic (exact) mass is 516 g/mol. The Labute approximate surface area is 217 Å². The highest BCUT2D eigenvalue weighted by Gasteiger charge is 2.43. The summed E-state index contributed by atoms with van der Waals surface area (Å²) < 4.78 is 27.4. The van der Waals surface area contributed by atoms with Gasteiger partial charge in [0.1, 0.15) is 11.6 Å². The Morgan fingerprint density at radius 1 is 1.30 bits per heavy atom. The van der Waals surface area contributed by atoms with E-state index >= 15 is 0 Å². The van der Waals surface area contributed by atoms with Crippen LogP contribution in [-0.4, -0.2) is 82.4 Å². The highest BCUT2D eigenvalue weighted by molar-refractivity contribution is 6.43. The van der Waals surface area contributed by atoms with Crippen molar-refractivity contribution in [2.45, 2.75) is 63.4 Å². The third kappa shape index (κ3) is 8.09. The molecule has 2 aliphatic heterocycles. The van der Waals surface area contributed by atoms with Crippen molar-refractivity contribution in [3.63, 3.8) is 0 Å². The number of likely N-dealkylation sites (tertiary alicyclic amines) is 2. The fourth-order valence-corrected chi connectivity index (χ4v) is 5.03. The van der Waals surface area contributed by atoms with Gasteiger partial charge in [0.15, 0.2) is 0 Å². The molecule has 8 nitrogen and oxygen atoms in total. The number of nitrogens with one attached hydrogen (secondary N) is 1. The number of nitrogens with zero attached hydrogens (tertiary/aromatic N) is 3. The maximum atomic E-state index is 13.7. The fourth-order valence-electron chi connectivity index (χ4n) is 5.03. The largest absolute Gasteiger partial charge is 0.475 e. The summed E-state index contributed by atoms with van der Waals surface area (Å²) in [5.41, 5.74) is -0.141. The summed E-state index contributed by atoms with van der Waals surface area (Å²) in [7, 11) is -1.73. The number of amides is 2. The molecular weight excluding hydrogens is 481 g/mol. The molecule has 0 aromatic heterocycles. The van der Waals surface area contributed by atoms with Crippen LogP contribution in [0.2, 0.25) is 0 Å². The average Bonchev–Trinajstić information content (AvgIpc) is 3.23. The standard InChI is InChI=1S/C26H35BF2N4O4/c1-25(2,33-12-10-26(28,29)18-33)15-21(16-30)24(35)32-11-6-9-20(17-32)14-23(34)31-22(27(36)37)13-19-7-4-3-5-8-19/h3-5,7-8,15,20,22,36-37H,6,9-14,17-18H2,1-2H3,(H,31,34)/t20-,22?/m1/s1. The molecule has 1 aromatic rings. The van der Waals surface area contributed by atoms with Crippen molar-refractivity contribution in [1.82, 2.24) is 15.1 Å².